The summed E-state index contributed by atoms with van der Waals surface area (Å²) in [5, 5.41) is 0. The minimum atomic E-state index is -5.00. The number of ether oxygens (including phenoxy) is 1. The fraction of sp³-hybridized carbons (Fsp3) is 0.375. The van der Waals surface area contributed by atoms with Crippen LogP contribution in [0.4, 0.5) is 27.8 Å². The van der Waals surface area contributed by atoms with Crippen molar-refractivity contribution in [3.05, 3.63) is 17.3 Å². The highest BCUT2D eigenvalue weighted by Gasteiger charge is 2.40. The second kappa shape index (κ2) is 4.11. The van der Waals surface area contributed by atoms with Crippen LogP contribution in [0.3, 0.4) is 0 Å². The molecule has 0 unspecified atom stereocenters. The number of alkyl halides is 5. The molecule has 0 bridgehead atoms. The molecule has 0 aliphatic carbocycles. The zero-order valence-electron chi connectivity index (χ0n) is 7.98. The van der Waals surface area contributed by atoms with Crippen LogP contribution in [0.2, 0.25) is 0 Å². The van der Waals surface area contributed by atoms with Crippen LogP contribution in [0.5, 0.6) is 5.75 Å². The van der Waals surface area contributed by atoms with E-state index in [0.29, 0.717) is 0 Å². The fourth-order valence-electron chi connectivity index (χ4n) is 1.20. The molecule has 1 aromatic rings. The maximum atomic E-state index is 12.5. The summed E-state index contributed by atoms with van der Waals surface area (Å²) >= 11 is 0. The number of hydrogen-bond donors (Lipinski definition) is 1. The smallest absolute Gasteiger partial charge is 0.420 e. The summed E-state index contributed by atoms with van der Waals surface area (Å²) in [6, 6.07) is 0. The Balaban J connectivity index is 3.55. The number of halogens is 5. The van der Waals surface area contributed by atoms with Gasteiger partial charge in [0.05, 0.1) is 18.9 Å². The second-order valence-corrected chi connectivity index (χ2v) is 2.80. The fourth-order valence-corrected chi connectivity index (χ4v) is 1.20. The summed E-state index contributed by atoms with van der Waals surface area (Å²) < 4.78 is 66.9. The molecule has 1 heterocycles. The highest BCUT2D eigenvalue weighted by atomic mass is 19.4. The molecule has 16 heavy (non-hydrogen) atoms. The summed E-state index contributed by atoms with van der Waals surface area (Å²) in [7, 11) is 0.971. The third kappa shape index (κ3) is 2.15. The van der Waals surface area contributed by atoms with Gasteiger partial charge in [-0.1, -0.05) is 0 Å². The maximum Gasteiger partial charge on any atom is 0.420 e. The van der Waals surface area contributed by atoms with E-state index in [1.165, 1.54) is 0 Å². The number of anilines is 1. The van der Waals surface area contributed by atoms with Crippen LogP contribution in [0, 0.1) is 0 Å². The first-order valence-corrected chi connectivity index (χ1v) is 3.96. The Bertz CT molecular complexity index is 391. The molecule has 0 aliphatic rings. The van der Waals surface area contributed by atoms with Crippen LogP contribution < -0.4 is 10.5 Å². The van der Waals surface area contributed by atoms with E-state index in [2.05, 4.69) is 9.72 Å². The molecule has 0 radical (unpaired) electrons. The van der Waals surface area contributed by atoms with Crippen LogP contribution in [0.15, 0.2) is 6.20 Å². The number of nitrogen functional groups attached to an aromatic ring is 1. The number of hydrogen-bond acceptors (Lipinski definition) is 3. The number of pyridine rings is 1. The monoisotopic (exact) mass is 242 g/mol. The standard InChI is InChI=1S/C8H7F5N2O/c1-16-3-2-15-7(14)5(8(11,12)13)4(3)6(9)10/h2,6H,1H3,(H2,14,15). The third-order valence-corrected chi connectivity index (χ3v) is 1.83. The van der Waals surface area contributed by atoms with Gasteiger partial charge in [0.2, 0.25) is 0 Å². The minimum absolute atomic E-state index is 0.642. The Labute approximate surface area is 87.0 Å². The van der Waals surface area contributed by atoms with E-state index in [1.807, 2.05) is 0 Å². The number of methoxy groups -OCH3 is 1. The van der Waals surface area contributed by atoms with Crippen molar-refractivity contribution >= 4 is 5.82 Å². The van der Waals surface area contributed by atoms with Gasteiger partial charge in [-0.3, -0.25) is 0 Å². The minimum Gasteiger partial charge on any atom is -0.495 e. The van der Waals surface area contributed by atoms with E-state index >= 15 is 0 Å². The molecule has 0 aromatic carbocycles. The van der Waals surface area contributed by atoms with Crippen molar-refractivity contribution in [2.75, 3.05) is 12.8 Å². The molecule has 0 amide bonds. The topological polar surface area (TPSA) is 48.1 Å². The Kier molecular flexibility index (Phi) is 3.20. The average Bonchev–Trinajstić information content (AvgIpc) is 2.15. The number of aromatic nitrogens is 1. The quantitative estimate of drug-likeness (QED) is 0.811. The van der Waals surface area contributed by atoms with Gasteiger partial charge in [0.15, 0.2) is 0 Å². The molecule has 8 heteroatoms. The first kappa shape index (κ1) is 12.5. The average molecular weight is 242 g/mol. The summed E-state index contributed by atoms with van der Waals surface area (Å²) in [5.74, 6) is -1.64. The van der Waals surface area contributed by atoms with Gasteiger partial charge in [0.25, 0.3) is 6.43 Å². The van der Waals surface area contributed by atoms with Crippen molar-refractivity contribution in [3.63, 3.8) is 0 Å². The van der Waals surface area contributed by atoms with Crippen molar-refractivity contribution in [1.82, 2.24) is 4.98 Å². The largest absolute Gasteiger partial charge is 0.495 e. The van der Waals surface area contributed by atoms with Gasteiger partial charge >= 0.3 is 6.18 Å². The highest BCUT2D eigenvalue weighted by molar-refractivity contribution is 5.52. The van der Waals surface area contributed by atoms with Gasteiger partial charge in [-0.25, -0.2) is 13.8 Å². The van der Waals surface area contributed by atoms with Crippen molar-refractivity contribution in [1.29, 1.82) is 0 Å². The van der Waals surface area contributed by atoms with Crippen molar-refractivity contribution in [2.24, 2.45) is 0 Å². The molecular weight excluding hydrogens is 235 g/mol. The molecule has 0 aliphatic heterocycles. The van der Waals surface area contributed by atoms with Gasteiger partial charge in [-0.2, -0.15) is 13.2 Å². The van der Waals surface area contributed by atoms with E-state index in [9.17, 15) is 22.0 Å². The first-order valence-electron chi connectivity index (χ1n) is 3.96. The summed E-state index contributed by atoms with van der Waals surface area (Å²) in [4.78, 5) is 3.16. The van der Waals surface area contributed by atoms with Crippen molar-refractivity contribution in [3.8, 4) is 5.75 Å². The lowest BCUT2D eigenvalue weighted by Crippen LogP contribution is -2.15. The van der Waals surface area contributed by atoms with E-state index in [0.717, 1.165) is 13.3 Å². The predicted octanol–water partition coefficient (Wildman–Crippen LogP) is 2.63. The summed E-state index contributed by atoms with van der Waals surface area (Å²) in [5.41, 5.74) is 2.01. The zero-order chi connectivity index (χ0) is 12.5. The molecule has 0 spiro atoms. The Morgan fingerprint density at radius 1 is 1.38 bits per heavy atom. The molecular formula is C8H7F5N2O. The molecule has 0 saturated heterocycles. The first-order chi connectivity index (χ1) is 7.29. The molecule has 2 N–H and O–H groups in total. The SMILES string of the molecule is COc1cnc(N)c(C(F)(F)F)c1C(F)F. The molecule has 0 fully saturated rings. The van der Waals surface area contributed by atoms with E-state index in [-0.39, 0.29) is 0 Å². The molecule has 0 atom stereocenters. The Morgan fingerprint density at radius 2 is 1.94 bits per heavy atom. The van der Waals surface area contributed by atoms with Crippen LogP contribution in [-0.2, 0) is 6.18 Å². The molecule has 3 nitrogen and oxygen atoms in total. The summed E-state index contributed by atoms with van der Waals surface area (Å²) in [6.45, 7) is 0. The van der Waals surface area contributed by atoms with Gasteiger partial charge in [-0.15, -0.1) is 0 Å². The van der Waals surface area contributed by atoms with Gasteiger partial charge in [0, 0.05) is 0 Å². The van der Waals surface area contributed by atoms with Crippen molar-refractivity contribution < 1.29 is 26.7 Å². The lowest BCUT2D eigenvalue weighted by molar-refractivity contribution is -0.139. The highest BCUT2D eigenvalue weighted by Crippen LogP contribution is 2.42. The zero-order valence-corrected chi connectivity index (χ0v) is 7.98. The number of nitrogens with zero attached hydrogens (tertiary/aromatic N) is 1. The van der Waals surface area contributed by atoms with E-state index in [1.54, 1.807) is 0 Å². The molecule has 1 rings (SSSR count). The molecule has 0 saturated carbocycles. The maximum absolute atomic E-state index is 12.5. The third-order valence-electron chi connectivity index (χ3n) is 1.83. The Morgan fingerprint density at radius 3 is 2.31 bits per heavy atom. The predicted molar refractivity (Wildman–Crippen MR) is 45.2 cm³/mol. The van der Waals surface area contributed by atoms with Crippen LogP contribution in [0.25, 0.3) is 0 Å². The van der Waals surface area contributed by atoms with Crippen molar-refractivity contribution in [2.45, 2.75) is 12.6 Å². The lowest BCUT2D eigenvalue weighted by Gasteiger charge is -2.16. The van der Waals surface area contributed by atoms with Crippen LogP contribution in [0.1, 0.15) is 17.6 Å². The van der Waals surface area contributed by atoms with Crippen LogP contribution in [-0.4, -0.2) is 12.1 Å². The Hall–Kier alpha value is -1.60. The number of nitrogens with two attached hydrogens (primary N) is 1. The van der Waals surface area contributed by atoms with Gasteiger partial charge in [0.1, 0.15) is 17.1 Å². The normalized spacial score (nSPS) is 11.9. The van der Waals surface area contributed by atoms with E-state index < -0.39 is 35.3 Å². The lowest BCUT2D eigenvalue weighted by atomic mass is 10.1. The molecule has 1 aromatic heterocycles. The number of rotatable bonds is 2. The second-order valence-electron chi connectivity index (χ2n) is 2.80. The van der Waals surface area contributed by atoms with Gasteiger partial charge < -0.3 is 10.5 Å². The summed E-state index contributed by atoms with van der Waals surface area (Å²) in [6.07, 6.45) is -7.62. The molecule has 90 valence electrons. The van der Waals surface area contributed by atoms with Crippen LogP contribution >= 0.6 is 0 Å². The van der Waals surface area contributed by atoms with E-state index in [4.69, 9.17) is 5.73 Å². The van der Waals surface area contributed by atoms with Gasteiger partial charge in [-0.05, 0) is 0 Å².